The second-order valence-electron chi connectivity index (χ2n) is 7.33. The van der Waals surface area contributed by atoms with Gasteiger partial charge < -0.3 is 21.9 Å². The van der Waals surface area contributed by atoms with Crippen LogP contribution in [0, 0.1) is 5.92 Å². The van der Waals surface area contributed by atoms with Gasteiger partial charge >= 0.3 is 11.9 Å². The smallest absolute Gasteiger partial charge is 0.312 e. The van der Waals surface area contributed by atoms with E-state index in [0.717, 1.165) is 0 Å². The number of benzene rings is 3. The number of rotatable bonds is 9. The van der Waals surface area contributed by atoms with Gasteiger partial charge in [0.1, 0.15) is 23.2 Å². The van der Waals surface area contributed by atoms with Crippen molar-refractivity contribution in [3.05, 3.63) is 91.0 Å². The third-order valence-electron chi connectivity index (χ3n) is 5.54. The summed E-state index contributed by atoms with van der Waals surface area (Å²) in [4.78, 5) is 24.7. The van der Waals surface area contributed by atoms with Gasteiger partial charge in [-0.2, -0.15) is 0 Å². The lowest BCUT2D eigenvalue weighted by Crippen LogP contribution is -3.00. The van der Waals surface area contributed by atoms with Gasteiger partial charge in [0, 0.05) is 6.42 Å². The fraction of sp³-hybridized carbons (Fsp3) is 0.231. The first-order chi connectivity index (χ1) is 15.1. The number of carbonyl (C=O) groups excluding carboxylic acids is 2. The summed E-state index contributed by atoms with van der Waals surface area (Å²) < 4.78 is 9.97. The van der Waals surface area contributed by atoms with Crippen LogP contribution in [0.25, 0.3) is 0 Å². The first kappa shape index (κ1) is 25.6. The zero-order valence-corrected chi connectivity index (χ0v) is 20.0. The summed E-state index contributed by atoms with van der Waals surface area (Å²) in [5.41, 5.74) is 0. The number of ether oxygens (including phenoxy) is 2. The lowest BCUT2D eigenvalue weighted by atomic mass is 10.1. The van der Waals surface area contributed by atoms with Crippen LogP contribution in [-0.4, -0.2) is 32.3 Å². The summed E-state index contributed by atoms with van der Waals surface area (Å²) in [6.45, 7) is 0. The van der Waals surface area contributed by atoms with Crippen LogP contribution in [0.2, 0.25) is 0 Å². The van der Waals surface area contributed by atoms with Crippen molar-refractivity contribution in [3.63, 3.8) is 0 Å². The van der Waals surface area contributed by atoms with Gasteiger partial charge in [-0.3, -0.25) is 9.59 Å². The van der Waals surface area contributed by atoms with E-state index in [4.69, 9.17) is 9.47 Å². The Labute approximate surface area is 196 Å². The molecule has 4 nitrogen and oxygen atoms in total. The number of halogens is 1. The molecule has 1 unspecified atom stereocenters. The number of carbonyl (C=O) groups is 2. The van der Waals surface area contributed by atoms with Crippen LogP contribution in [0.5, 0.6) is 0 Å². The van der Waals surface area contributed by atoms with E-state index in [1.807, 2.05) is 54.6 Å². The molecule has 0 N–H and O–H groups in total. The third-order valence-corrected chi connectivity index (χ3v) is 10.1. The molecule has 0 aromatic heterocycles. The van der Waals surface area contributed by atoms with Gasteiger partial charge in [0.05, 0.1) is 26.3 Å². The molecule has 0 radical (unpaired) electrons. The summed E-state index contributed by atoms with van der Waals surface area (Å²) in [6.07, 6.45) is 1.14. The van der Waals surface area contributed by atoms with E-state index in [-0.39, 0.29) is 30.8 Å². The van der Waals surface area contributed by atoms with Gasteiger partial charge in [0.2, 0.25) is 0 Å². The van der Waals surface area contributed by atoms with Crippen LogP contribution in [0.4, 0.5) is 0 Å². The van der Waals surface area contributed by atoms with Gasteiger partial charge in [0.15, 0.2) is 0 Å². The minimum Gasteiger partial charge on any atom is -1.00 e. The Balaban J connectivity index is 0.00000363. The summed E-state index contributed by atoms with van der Waals surface area (Å²) in [6, 6.07) is 31.1. The van der Waals surface area contributed by atoms with Crippen molar-refractivity contribution in [1.82, 2.24) is 0 Å². The molecule has 0 bridgehead atoms. The zero-order valence-electron chi connectivity index (χ0n) is 18.3. The fourth-order valence-corrected chi connectivity index (χ4v) is 8.55. The first-order valence-electron chi connectivity index (χ1n) is 10.3. The van der Waals surface area contributed by atoms with Crippen molar-refractivity contribution in [3.8, 4) is 0 Å². The summed E-state index contributed by atoms with van der Waals surface area (Å²) in [7, 11) is 0.572. The molecule has 0 aliphatic heterocycles. The van der Waals surface area contributed by atoms with Crippen LogP contribution >= 0.6 is 7.26 Å². The highest BCUT2D eigenvalue weighted by molar-refractivity contribution is 7.95. The lowest BCUT2D eigenvalue weighted by Gasteiger charge is -2.30. The maximum atomic E-state index is 12.8. The molecular formula is C26H28ClO4P. The predicted octanol–water partition coefficient (Wildman–Crippen LogP) is 0.727. The Bertz CT molecular complexity index is 884. The molecule has 0 saturated heterocycles. The van der Waals surface area contributed by atoms with E-state index in [1.54, 1.807) is 0 Å². The molecule has 0 aliphatic carbocycles. The van der Waals surface area contributed by atoms with Crippen LogP contribution in [0.1, 0.15) is 12.8 Å². The molecule has 32 heavy (non-hydrogen) atoms. The quantitative estimate of drug-likeness (QED) is 0.342. The van der Waals surface area contributed by atoms with Gasteiger partial charge in [-0.05, 0) is 42.8 Å². The van der Waals surface area contributed by atoms with Gasteiger partial charge in [0.25, 0.3) is 0 Å². The first-order valence-corrected chi connectivity index (χ1v) is 12.3. The molecular weight excluding hydrogens is 443 g/mol. The van der Waals surface area contributed by atoms with E-state index >= 15 is 0 Å². The SMILES string of the molecule is COC(=O)CCC(C[P+](c1ccccc1)(c1ccccc1)c1ccccc1)C(=O)OC.[Cl-]. The van der Waals surface area contributed by atoms with E-state index in [0.29, 0.717) is 12.6 Å². The van der Waals surface area contributed by atoms with Crippen molar-refractivity contribution >= 4 is 35.1 Å². The largest absolute Gasteiger partial charge is 1.00 e. The minimum atomic E-state index is -2.20. The highest BCUT2D eigenvalue weighted by Gasteiger charge is 2.48. The molecule has 6 heteroatoms. The number of esters is 2. The van der Waals surface area contributed by atoms with Crippen LogP contribution < -0.4 is 28.3 Å². The molecule has 0 heterocycles. The maximum absolute atomic E-state index is 12.8. The van der Waals surface area contributed by atoms with Gasteiger partial charge in [-0.1, -0.05) is 54.6 Å². The van der Waals surface area contributed by atoms with E-state index in [1.165, 1.54) is 30.1 Å². The molecule has 0 amide bonds. The summed E-state index contributed by atoms with van der Waals surface area (Å²) in [5.74, 6) is -1.05. The van der Waals surface area contributed by atoms with Crippen molar-refractivity contribution in [2.24, 2.45) is 5.92 Å². The zero-order chi connectivity index (χ0) is 22.1. The molecule has 0 spiro atoms. The Kier molecular flexibility index (Phi) is 9.90. The molecule has 0 fully saturated rings. The summed E-state index contributed by atoms with van der Waals surface area (Å²) in [5, 5.41) is 3.58. The highest BCUT2D eigenvalue weighted by atomic mass is 35.5. The van der Waals surface area contributed by atoms with E-state index in [2.05, 4.69) is 36.4 Å². The molecule has 3 rings (SSSR count). The topological polar surface area (TPSA) is 52.6 Å². The summed E-state index contributed by atoms with van der Waals surface area (Å²) >= 11 is 0. The van der Waals surface area contributed by atoms with Crippen molar-refractivity contribution in [1.29, 1.82) is 0 Å². The molecule has 1 atom stereocenters. The van der Waals surface area contributed by atoms with E-state index < -0.39 is 13.2 Å². The van der Waals surface area contributed by atoms with Crippen molar-refractivity contribution < 1.29 is 31.5 Å². The van der Waals surface area contributed by atoms with Gasteiger partial charge in [-0.25, -0.2) is 0 Å². The van der Waals surface area contributed by atoms with Crippen LogP contribution in [0.15, 0.2) is 91.0 Å². The molecule has 3 aromatic rings. The Hall–Kier alpha value is -2.68. The predicted molar refractivity (Wildman–Crippen MR) is 127 cm³/mol. The lowest BCUT2D eigenvalue weighted by molar-refractivity contribution is -0.146. The van der Waals surface area contributed by atoms with Gasteiger partial charge in [-0.15, -0.1) is 0 Å². The fourth-order valence-electron chi connectivity index (χ4n) is 3.99. The normalized spacial score (nSPS) is 11.7. The van der Waals surface area contributed by atoms with Crippen LogP contribution in [0.3, 0.4) is 0 Å². The number of hydrogen-bond donors (Lipinski definition) is 0. The molecule has 3 aromatic carbocycles. The molecule has 0 saturated carbocycles. The number of hydrogen-bond acceptors (Lipinski definition) is 4. The maximum Gasteiger partial charge on any atom is 0.312 e. The average molecular weight is 471 g/mol. The second kappa shape index (κ2) is 12.4. The van der Waals surface area contributed by atoms with E-state index in [9.17, 15) is 9.59 Å². The average Bonchev–Trinajstić information content (AvgIpc) is 2.85. The second-order valence-corrected chi connectivity index (χ2v) is 10.9. The van der Waals surface area contributed by atoms with Crippen LogP contribution in [-0.2, 0) is 19.1 Å². The monoisotopic (exact) mass is 470 g/mol. The number of methoxy groups -OCH3 is 2. The van der Waals surface area contributed by atoms with Crippen molar-refractivity contribution in [2.45, 2.75) is 12.8 Å². The minimum absolute atomic E-state index is 0. The standard InChI is InChI=1S/C26H28O4P.ClH/c1-29-25(27)19-18-21(26(28)30-2)20-31(22-12-6-3-7-13-22,23-14-8-4-9-15-23)24-16-10-5-11-17-24;/h3-17,21H,18-20H2,1-2H3;1H/q+1;/p-1. The molecule has 0 aliphatic rings. The Morgan fingerprint density at radius 3 is 1.47 bits per heavy atom. The molecule has 168 valence electrons. The highest BCUT2D eigenvalue weighted by Crippen LogP contribution is 2.57. The Morgan fingerprint density at radius 2 is 1.12 bits per heavy atom. The Morgan fingerprint density at radius 1 is 0.719 bits per heavy atom. The third kappa shape index (κ3) is 5.76. The van der Waals surface area contributed by atoms with Crippen molar-refractivity contribution in [2.75, 3.05) is 20.4 Å².